The van der Waals surface area contributed by atoms with Gasteiger partial charge in [-0.1, -0.05) is 0 Å². The number of carbonyl (C=O) groups is 1. The smallest absolute Gasteiger partial charge is 0.413 e. The Kier molecular flexibility index (Phi) is 6.16. The molecular formula is C27H27N9O3S. The molecule has 1 fully saturated rings. The molecule has 1 aromatic carbocycles. The fourth-order valence-corrected chi connectivity index (χ4v) is 6.10. The molecule has 0 unspecified atom stereocenters. The van der Waals surface area contributed by atoms with Crippen LogP contribution in [0.4, 0.5) is 16.3 Å². The van der Waals surface area contributed by atoms with Crippen LogP contribution in [-0.2, 0) is 4.74 Å². The highest BCUT2D eigenvalue weighted by molar-refractivity contribution is 7.99. The van der Waals surface area contributed by atoms with E-state index >= 15 is 0 Å². The van der Waals surface area contributed by atoms with Crippen molar-refractivity contribution in [2.75, 3.05) is 50.2 Å². The van der Waals surface area contributed by atoms with Crippen molar-refractivity contribution in [1.29, 1.82) is 0 Å². The molecule has 7 rings (SSSR count). The fourth-order valence-electron chi connectivity index (χ4n) is 5.19. The molecule has 0 saturated carbocycles. The highest BCUT2D eigenvalue weighted by Gasteiger charge is 2.25. The Labute approximate surface area is 233 Å². The Morgan fingerprint density at radius 3 is 3.00 bits per heavy atom. The molecule has 6 heterocycles. The van der Waals surface area contributed by atoms with Gasteiger partial charge in [0.15, 0.2) is 11.5 Å². The van der Waals surface area contributed by atoms with E-state index < -0.39 is 6.09 Å². The number of methoxy groups -OCH3 is 1. The van der Waals surface area contributed by atoms with E-state index in [2.05, 4.69) is 31.7 Å². The zero-order chi connectivity index (χ0) is 27.2. The van der Waals surface area contributed by atoms with Crippen molar-refractivity contribution >= 4 is 45.9 Å². The summed E-state index contributed by atoms with van der Waals surface area (Å²) in [5, 5.41) is 16.2. The van der Waals surface area contributed by atoms with Gasteiger partial charge in [-0.05, 0) is 31.7 Å². The molecule has 1 atom stereocenters. The maximum atomic E-state index is 12.9. The molecule has 0 aliphatic carbocycles. The molecule has 2 aliphatic rings. The van der Waals surface area contributed by atoms with Crippen molar-refractivity contribution in [3.63, 3.8) is 0 Å². The second kappa shape index (κ2) is 9.99. The average molecular weight is 558 g/mol. The van der Waals surface area contributed by atoms with Crippen LogP contribution >= 0.6 is 11.8 Å². The maximum absolute atomic E-state index is 12.9. The Hall–Kier alpha value is -4.36. The number of amides is 1. The predicted molar refractivity (Wildman–Crippen MR) is 153 cm³/mol. The first-order chi connectivity index (χ1) is 19.6. The van der Waals surface area contributed by atoms with Gasteiger partial charge in [-0.3, -0.25) is 10.3 Å². The minimum absolute atomic E-state index is 0.156. The molecule has 2 N–H and O–H groups in total. The van der Waals surface area contributed by atoms with Crippen molar-refractivity contribution in [1.82, 2.24) is 34.3 Å². The van der Waals surface area contributed by atoms with Crippen molar-refractivity contribution in [2.45, 2.75) is 17.4 Å². The molecule has 1 saturated heterocycles. The lowest BCUT2D eigenvalue weighted by atomic mass is 10.2. The van der Waals surface area contributed by atoms with E-state index in [1.165, 1.54) is 0 Å². The number of thioether (sulfide) groups is 1. The number of nitrogens with one attached hydrogen (secondary N) is 2. The summed E-state index contributed by atoms with van der Waals surface area (Å²) < 4.78 is 15.0. The summed E-state index contributed by atoms with van der Waals surface area (Å²) in [7, 11) is 3.65. The summed E-state index contributed by atoms with van der Waals surface area (Å²) in [6.45, 7) is 2.49. The SMILES string of the molecule is COc1cc2c(cc1-n1nc(NC(=O)O[C@H]3CCN(C)C3)c3cnc(-c4cnn5cccnc45)cc31)SCCN2. The number of hydrogen-bond acceptors (Lipinski definition) is 10. The Bertz CT molecular complexity index is 1750. The van der Waals surface area contributed by atoms with Crippen LogP contribution in [0.3, 0.4) is 0 Å². The van der Waals surface area contributed by atoms with Crippen LogP contribution < -0.4 is 15.4 Å². The summed E-state index contributed by atoms with van der Waals surface area (Å²) >= 11 is 1.78. The summed E-state index contributed by atoms with van der Waals surface area (Å²) in [6.07, 6.45) is 7.12. The van der Waals surface area contributed by atoms with E-state index in [-0.39, 0.29) is 6.10 Å². The average Bonchev–Trinajstić information content (AvgIpc) is 3.69. The molecule has 0 spiro atoms. The lowest BCUT2D eigenvalue weighted by molar-refractivity contribution is 0.115. The second-order valence-corrected chi connectivity index (χ2v) is 10.9. The molecule has 204 valence electrons. The topological polar surface area (TPSA) is 124 Å². The number of ether oxygens (including phenoxy) is 2. The van der Waals surface area contributed by atoms with Gasteiger partial charge >= 0.3 is 6.09 Å². The van der Waals surface area contributed by atoms with Crippen LogP contribution in [0.5, 0.6) is 5.75 Å². The summed E-state index contributed by atoms with van der Waals surface area (Å²) in [5.74, 6) is 1.97. The third-order valence-corrected chi connectivity index (χ3v) is 8.20. The molecule has 0 radical (unpaired) electrons. The minimum Gasteiger partial charge on any atom is -0.494 e. The lowest BCUT2D eigenvalue weighted by Crippen LogP contribution is -2.25. The maximum Gasteiger partial charge on any atom is 0.413 e. The van der Waals surface area contributed by atoms with Crippen molar-refractivity contribution in [3.05, 3.63) is 49.1 Å². The van der Waals surface area contributed by atoms with Crippen LogP contribution in [0.2, 0.25) is 0 Å². The van der Waals surface area contributed by atoms with Crippen molar-refractivity contribution in [3.8, 4) is 22.7 Å². The number of rotatable bonds is 5. The molecule has 40 heavy (non-hydrogen) atoms. The van der Waals surface area contributed by atoms with Gasteiger partial charge in [0.2, 0.25) is 0 Å². The van der Waals surface area contributed by atoms with E-state index in [1.807, 2.05) is 31.4 Å². The van der Waals surface area contributed by atoms with E-state index in [0.717, 1.165) is 52.6 Å². The standard InChI is InChI=1S/C27H27N9O3S/c1-34-8-4-16(15-34)39-27(37)32-25-18-13-30-19(17-14-31-35-7-3-5-29-26(17)35)10-21(18)36(33-25)22-12-24-20(11-23(22)38-2)28-6-9-40-24/h3,5,7,10-14,16,28H,4,6,8-9,15H2,1-2H3,(H,32,33,37)/t16-/m0/s1. The summed E-state index contributed by atoms with van der Waals surface area (Å²) in [4.78, 5) is 25.3. The van der Waals surface area contributed by atoms with E-state index in [0.29, 0.717) is 34.8 Å². The predicted octanol–water partition coefficient (Wildman–Crippen LogP) is 3.91. The van der Waals surface area contributed by atoms with Gasteiger partial charge < -0.3 is 19.7 Å². The molecule has 0 bridgehead atoms. The van der Waals surface area contributed by atoms with E-state index in [1.54, 1.807) is 46.7 Å². The van der Waals surface area contributed by atoms with E-state index in [9.17, 15) is 4.79 Å². The first-order valence-electron chi connectivity index (χ1n) is 13.0. The van der Waals surface area contributed by atoms with Crippen LogP contribution in [0.15, 0.2) is 53.9 Å². The van der Waals surface area contributed by atoms with Gasteiger partial charge in [0.05, 0.1) is 41.2 Å². The first-order valence-corrected chi connectivity index (χ1v) is 14.0. The number of benzene rings is 1. The Balaban J connectivity index is 1.35. The fraction of sp³-hybridized carbons (Fsp3) is 0.296. The second-order valence-electron chi connectivity index (χ2n) is 9.79. The van der Waals surface area contributed by atoms with Crippen molar-refractivity contribution in [2.24, 2.45) is 0 Å². The molecule has 4 aromatic heterocycles. The van der Waals surface area contributed by atoms with Gasteiger partial charge in [-0.25, -0.2) is 19.0 Å². The number of fused-ring (bicyclic) bond motifs is 3. The number of pyridine rings is 1. The third-order valence-electron chi connectivity index (χ3n) is 7.15. The Morgan fingerprint density at radius 2 is 2.15 bits per heavy atom. The van der Waals surface area contributed by atoms with Gasteiger partial charge in [0.25, 0.3) is 0 Å². The highest BCUT2D eigenvalue weighted by Crippen LogP contribution is 2.40. The van der Waals surface area contributed by atoms with Crippen LogP contribution in [0.1, 0.15) is 6.42 Å². The molecule has 13 heteroatoms. The lowest BCUT2D eigenvalue weighted by Gasteiger charge is -2.20. The first kappa shape index (κ1) is 24.7. The van der Waals surface area contributed by atoms with Crippen LogP contribution in [0, 0.1) is 0 Å². The number of nitrogens with zero attached hydrogens (tertiary/aromatic N) is 7. The number of hydrogen-bond donors (Lipinski definition) is 2. The normalized spacial score (nSPS) is 17.1. The molecule has 1 amide bonds. The summed E-state index contributed by atoms with van der Waals surface area (Å²) in [5.41, 5.74) is 4.67. The van der Waals surface area contributed by atoms with Crippen molar-refractivity contribution < 1.29 is 14.3 Å². The number of anilines is 2. The number of carbonyl (C=O) groups excluding carboxylic acids is 1. The third kappa shape index (κ3) is 4.36. The number of aromatic nitrogens is 6. The van der Waals surface area contributed by atoms with Gasteiger partial charge in [0, 0.05) is 54.9 Å². The molecule has 12 nitrogen and oxygen atoms in total. The van der Waals surface area contributed by atoms with Crippen LogP contribution in [-0.4, -0.2) is 86.0 Å². The zero-order valence-corrected chi connectivity index (χ0v) is 22.8. The summed E-state index contributed by atoms with van der Waals surface area (Å²) in [6, 6.07) is 7.80. The Morgan fingerprint density at radius 1 is 1.23 bits per heavy atom. The molecule has 2 aliphatic heterocycles. The van der Waals surface area contributed by atoms with Gasteiger partial charge in [0.1, 0.15) is 17.5 Å². The number of likely N-dealkylation sites (N-methyl/N-ethyl adjacent to an activating group) is 1. The quantitative estimate of drug-likeness (QED) is 0.329. The zero-order valence-electron chi connectivity index (χ0n) is 22.0. The van der Waals surface area contributed by atoms with Gasteiger partial charge in [-0.15, -0.1) is 16.9 Å². The minimum atomic E-state index is -0.542. The largest absolute Gasteiger partial charge is 0.494 e. The monoisotopic (exact) mass is 557 g/mol. The van der Waals surface area contributed by atoms with Crippen LogP contribution in [0.25, 0.3) is 33.5 Å². The van der Waals surface area contributed by atoms with Gasteiger partial charge in [-0.2, -0.15) is 5.10 Å². The number of likely N-dealkylation sites (tertiary alicyclic amines) is 1. The molecular weight excluding hydrogens is 530 g/mol. The molecule has 5 aromatic rings. The highest BCUT2D eigenvalue weighted by atomic mass is 32.2. The van der Waals surface area contributed by atoms with E-state index in [4.69, 9.17) is 19.6 Å².